The Bertz CT molecular complexity index is 1040. The number of nitrogens with one attached hydrogen (secondary N) is 2. The summed E-state index contributed by atoms with van der Waals surface area (Å²) in [6.07, 6.45) is 1.05. The van der Waals surface area contributed by atoms with Gasteiger partial charge in [-0.05, 0) is 48.9 Å². The molecule has 29 heavy (non-hydrogen) atoms. The Hall–Kier alpha value is -4.08. The van der Waals surface area contributed by atoms with Crippen molar-refractivity contribution in [3.63, 3.8) is 0 Å². The molecule has 0 bridgehead atoms. The number of amides is 1. The van der Waals surface area contributed by atoms with Gasteiger partial charge in [0.1, 0.15) is 12.0 Å². The number of hydrogen-bond donors (Lipinski definition) is 3. The van der Waals surface area contributed by atoms with E-state index in [9.17, 15) is 19.3 Å². The second kappa shape index (κ2) is 8.30. The number of aromatic nitrogens is 2. The van der Waals surface area contributed by atoms with Gasteiger partial charge in [-0.3, -0.25) is 14.9 Å². The molecule has 1 unspecified atom stereocenters. The van der Waals surface area contributed by atoms with Gasteiger partial charge < -0.3 is 16.4 Å². The van der Waals surface area contributed by atoms with Gasteiger partial charge in [0.05, 0.1) is 11.0 Å². The first-order valence-electron chi connectivity index (χ1n) is 8.54. The average Bonchev–Trinajstić information content (AvgIpc) is 2.68. The molecule has 0 aliphatic heterocycles. The fourth-order valence-corrected chi connectivity index (χ4v) is 2.54. The molecule has 3 rings (SSSR count). The maximum absolute atomic E-state index is 12.9. The van der Waals surface area contributed by atoms with Crippen LogP contribution in [0.3, 0.4) is 0 Å². The van der Waals surface area contributed by atoms with Crippen LogP contribution in [-0.2, 0) is 0 Å². The zero-order valence-electron chi connectivity index (χ0n) is 15.3. The molecule has 1 heterocycles. The third-order valence-electron chi connectivity index (χ3n) is 4.12. The highest BCUT2D eigenvalue weighted by molar-refractivity contribution is 6.04. The SMILES string of the molecule is CC(Nc1ncc([N+](=O)[O-])c(N)n1)c1ccc(NC(=O)c2ccc(F)cc2)cc1. The fraction of sp³-hybridized carbons (Fsp3) is 0.105. The van der Waals surface area contributed by atoms with Crippen LogP contribution in [0, 0.1) is 15.9 Å². The van der Waals surface area contributed by atoms with Gasteiger partial charge in [-0.15, -0.1) is 0 Å². The Kier molecular flexibility index (Phi) is 5.63. The summed E-state index contributed by atoms with van der Waals surface area (Å²) in [5.74, 6) is -0.822. The lowest BCUT2D eigenvalue weighted by molar-refractivity contribution is -0.384. The number of nitrogens with zero attached hydrogens (tertiary/aromatic N) is 3. The van der Waals surface area contributed by atoms with Crippen LogP contribution >= 0.6 is 0 Å². The number of nitro groups is 1. The smallest absolute Gasteiger partial charge is 0.329 e. The maximum Gasteiger partial charge on any atom is 0.329 e. The fourth-order valence-electron chi connectivity index (χ4n) is 2.54. The van der Waals surface area contributed by atoms with E-state index in [0.29, 0.717) is 11.3 Å². The van der Waals surface area contributed by atoms with Crippen molar-refractivity contribution in [2.24, 2.45) is 0 Å². The largest absolute Gasteiger partial charge is 0.378 e. The molecule has 4 N–H and O–H groups in total. The summed E-state index contributed by atoms with van der Waals surface area (Å²) < 4.78 is 12.9. The predicted octanol–water partition coefficient (Wildman–Crippen LogP) is 3.53. The van der Waals surface area contributed by atoms with Gasteiger partial charge in [-0.25, -0.2) is 9.37 Å². The monoisotopic (exact) mass is 396 g/mol. The maximum atomic E-state index is 12.9. The van der Waals surface area contributed by atoms with Crippen LogP contribution < -0.4 is 16.4 Å². The molecule has 2 aromatic carbocycles. The van der Waals surface area contributed by atoms with E-state index in [2.05, 4.69) is 20.6 Å². The number of halogens is 1. The van der Waals surface area contributed by atoms with Crippen molar-refractivity contribution < 1.29 is 14.1 Å². The van der Waals surface area contributed by atoms with E-state index in [1.807, 2.05) is 6.92 Å². The molecule has 148 valence electrons. The van der Waals surface area contributed by atoms with Gasteiger partial charge in [0, 0.05) is 11.3 Å². The van der Waals surface area contributed by atoms with E-state index in [1.165, 1.54) is 24.3 Å². The number of carbonyl (C=O) groups is 1. The molecule has 0 saturated heterocycles. The molecular formula is C19H17FN6O3. The molecule has 0 saturated carbocycles. The second-order valence-electron chi connectivity index (χ2n) is 6.17. The normalized spacial score (nSPS) is 11.5. The molecule has 0 aliphatic carbocycles. The van der Waals surface area contributed by atoms with Crippen molar-refractivity contribution in [3.8, 4) is 0 Å². The lowest BCUT2D eigenvalue weighted by atomic mass is 10.1. The number of benzene rings is 2. The van der Waals surface area contributed by atoms with Crippen molar-refractivity contribution >= 4 is 29.0 Å². The minimum Gasteiger partial charge on any atom is -0.378 e. The first-order chi connectivity index (χ1) is 13.8. The second-order valence-corrected chi connectivity index (χ2v) is 6.17. The minimum atomic E-state index is -0.651. The number of carbonyl (C=O) groups excluding carboxylic acids is 1. The van der Waals surface area contributed by atoms with Gasteiger partial charge in [0.2, 0.25) is 11.8 Å². The highest BCUT2D eigenvalue weighted by Gasteiger charge is 2.15. The zero-order chi connectivity index (χ0) is 21.0. The van der Waals surface area contributed by atoms with Gasteiger partial charge in [0.15, 0.2) is 0 Å². The Morgan fingerprint density at radius 2 is 1.83 bits per heavy atom. The molecule has 3 aromatic rings. The highest BCUT2D eigenvalue weighted by atomic mass is 19.1. The van der Waals surface area contributed by atoms with E-state index in [1.54, 1.807) is 24.3 Å². The molecule has 1 amide bonds. The molecule has 0 spiro atoms. The number of anilines is 3. The third-order valence-corrected chi connectivity index (χ3v) is 4.12. The molecule has 0 fully saturated rings. The lowest BCUT2D eigenvalue weighted by Crippen LogP contribution is -2.13. The summed E-state index contributed by atoms with van der Waals surface area (Å²) in [7, 11) is 0. The van der Waals surface area contributed by atoms with E-state index >= 15 is 0 Å². The Balaban J connectivity index is 1.64. The van der Waals surface area contributed by atoms with Crippen LogP contribution in [0.1, 0.15) is 28.9 Å². The molecular weight excluding hydrogens is 379 g/mol. The minimum absolute atomic E-state index is 0.161. The summed E-state index contributed by atoms with van der Waals surface area (Å²) in [6.45, 7) is 1.85. The third kappa shape index (κ3) is 4.80. The van der Waals surface area contributed by atoms with Crippen LogP contribution in [0.5, 0.6) is 0 Å². The van der Waals surface area contributed by atoms with E-state index in [0.717, 1.165) is 11.8 Å². The van der Waals surface area contributed by atoms with E-state index < -0.39 is 10.7 Å². The number of nitrogens with two attached hydrogens (primary N) is 1. The quantitative estimate of drug-likeness (QED) is 0.428. The van der Waals surface area contributed by atoms with Crippen molar-refractivity contribution in [1.82, 2.24) is 9.97 Å². The molecule has 0 aliphatic rings. The van der Waals surface area contributed by atoms with Crippen LogP contribution in [0.25, 0.3) is 0 Å². The molecule has 1 atom stereocenters. The molecule has 0 radical (unpaired) electrons. The van der Waals surface area contributed by atoms with Gasteiger partial charge in [-0.2, -0.15) is 4.98 Å². The van der Waals surface area contributed by atoms with Gasteiger partial charge >= 0.3 is 5.69 Å². The Labute approximate surface area is 164 Å². The van der Waals surface area contributed by atoms with E-state index in [4.69, 9.17) is 5.73 Å². The summed E-state index contributed by atoms with van der Waals surface area (Å²) in [4.78, 5) is 30.1. The first kappa shape index (κ1) is 19.7. The Morgan fingerprint density at radius 1 is 1.17 bits per heavy atom. The summed E-state index contributed by atoms with van der Waals surface area (Å²) in [5, 5.41) is 16.5. The lowest BCUT2D eigenvalue weighted by Gasteiger charge is -2.15. The number of nitrogen functional groups attached to an aromatic ring is 1. The van der Waals surface area contributed by atoms with Gasteiger partial charge in [-0.1, -0.05) is 12.1 Å². The standard InChI is InChI=1S/C19H17FN6O3/c1-11(23-19-22-10-16(26(28)29)17(21)25-19)12-4-8-15(9-5-12)24-18(27)13-2-6-14(20)7-3-13/h2-11H,1H3,(H,24,27)(H3,21,22,23,25). The van der Waals surface area contributed by atoms with Gasteiger partial charge in [0.25, 0.3) is 5.91 Å². The van der Waals surface area contributed by atoms with E-state index in [-0.39, 0.29) is 29.4 Å². The van der Waals surface area contributed by atoms with Crippen LogP contribution in [0.15, 0.2) is 54.7 Å². The summed E-state index contributed by atoms with van der Waals surface area (Å²) in [5.41, 5.74) is 7.00. The van der Waals surface area contributed by atoms with Crippen molar-refractivity contribution in [2.75, 3.05) is 16.4 Å². The first-order valence-corrected chi connectivity index (χ1v) is 8.54. The van der Waals surface area contributed by atoms with Crippen molar-refractivity contribution in [2.45, 2.75) is 13.0 Å². The topological polar surface area (TPSA) is 136 Å². The van der Waals surface area contributed by atoms with Crippen LogP contribution in [0.2, 0.25) is 0 Å². The summed E-state index contributed by atoms with van der Waals surface area (Å²) >= 11 is 0. The van der Waals surface area contributed by atoms with Crippen LogP contribution in [0.4, 0.5) is 27.5 Å². The predicted molar refractivity (Wildman–Crippen MR) is 106 cm³/mol. The summed E-state index contributed by atoms with van der Waals surface area (Å²) in [6, 6.07) is 12.1. The van der Waals surface area contributed by atoms with Crippen molar-refractivity contribution in [1.29, 1.82) is 0 Å². The highest BCUT2D eigenvalue weighted by Crippen LogP contribution is 2.22. The van der Waals surface area contributed by atoms with Crippen molar-refractivity contribution in [3.05, 3.63) is 81.8 Å². The number of rotatable bonds is 6. The van der Waals surface area contributed by atoms with Crippen LogP contribution in [-0.4, -0.2) is 20.8 Å². The average molecular weight is 396 g/mol. The zero-order valence-corrected chi connectivity index (χ0v) is 15.3. The molecule has 10 heteroatoms. The Morgan fingerprint density at radius 3 is 2.41 bits per heavy atom. The molecule has 9 nitrogen and oxygen atoms in total. The number of hydrogen-bond acceptors (Lipinski definition) is 7. The molecule has 1 aromatic heterocycles.